The molecule has 0 spiro atoms. The fraction of sp³-hybridized carbons (Fsp3) is 0.627. The van der Waals surface area contributed by atoms with Gasteiger partial charge in [-0.15, -0.1) is 5.10 Å². The first-order chi connectivity index (χ1) is 35.6. The summed E-state index contributed by atoms with van der Waals surface area (Å²) < 4.78 is 39.1. The highest BCUT2D eigenvalue weighted by molar-refractivity contribution is 5.89. The third-order valence-electron chi connectivity index (χ3n) is 14.9. The maximum absolute atomic E-state index is 14.1. The third kappa shape index (κ3) is 13.1. The molecule has 2 aromatic heterocycles. The number of aromatic amines is 1. The van der Waals surface area contributed by atoms with E-state index in [9.17, 15) is 55.1 Å². The zero-order valence-electron chi connectivity index (χ0n) is 41.4. The number of esters is 1. The number of aliphatic carboxylic acids is 1. The maximum Gasteiger partial charge on any atom is 0.338 e. The van der Waals surface area contributed by atoms with E-state index in [1.165, 1.54) is 25.1 Å². The van der Waals surface area contributed by atoms with E-state index in [0.717, 1.165) is 48.6 Å². The molecule has 23 nitrogen and oxygen atoms in total. The second-order valence-electron chi connectivity index (χ2n) is 20.1. The average Bonchev–Trinajstić information content (AvgIpc) is 4.04. The monoisotopic (exact) mass is 1040 g/mol. The Morgan fingerprint density at radius 2 is 1.69 bits per heavy atom. The summed E-state index contributed by atoms with van der Waals surface area (Å²) in [5.74, 6) is -3.70. The fourth-order valence-corrected chi connectivity index (χ4v) is 10.7. The van der Waals surface area contributed by atoms with Crippen LogP contribution in [0.3, 0.4) is 0 Å². The number of non-ortho nitro benzene ring substituents is 1. The molecule has 2 saturated heterocycles. The Hall–Kier alpha value is -5.47. The van der Waals surface area contributed by atoms with Gasteiger partial charge in [-0.3, -0.25) is 19.6 Å². The molecule has 4 aliphatic rings. The van der Waals surface area contributed by atoms with Crippen molar-refractivity contribution in [2.24, 2.45) is 17.8 Å². The molecule has 8 N–H and O–H groups in total. The summed E-state index contributed by atoms with van der Waals surface area (Å²) in [6.07, 6.45) is -8.87. The van der Waals surface area contributed by atoms with Crippen LogP contribution in [0.15, 0.2) is 60.9 Å². The van der Waals surface area contributed by atoms with Gasteiger partial charge in [-0.2, -0.15) is 0 Å². The number of nitrogens with one attached hydrogen (secondary N) is 2. The number of aliphatic hydroxyl groups excluding tert-OH is 5. The van der Waals surface area contributed by atoms with Gasteiger partial charge in [0.15, 0.2) is 24.8 Å². The number of carbonyl (C=O) groups is 3. The molecule has 0 radical (unpaired) electrons. The van der Waals surface area contributed by atoms with Gasteiger partial charge in [0.05, 0.1) is 41.1 Å². The Bertz CT molecular complexity index is 2510. The van der Waals surface area contributed by atoms with Crippen molar-refractivity contribution in [1.82, 2.24) is 25.3 Å². The topological polar surface area (TPSA) is 330 Å². The Kier molecular flexibility index (Phi) is 18.4. The molecule has 1 amide bonds. The number of nitro groups is 1. The predicted molar refractivity (Wildman–Crippen MR) is 259 cm³/mol. The number of aryl methyl sites for hydroxylation is 3. The molecule has 8 rings (SSSR count). The molecule has 2 aliphatic carbocycles. The highest BCUT2D eigenvalue weighted by Crippen LogP contribution is 2.39. The third-order valence-corrected chi connectivity index (χ3v) is 14.9. The van der Waals surface area contributed by atoms with E-state index in [1.807, 2.05) is 12.4 Å². The summed E-state index contributed by atoms with van der Waals surface area (Å²) in [6.45, 7) is 3.26. The number of nitro benzene ring substituents is 1. The number of carboxylic acid groups (broad SMARTS) is 1. The van der Waals surface area contributed by atoms with Crippen molar-refractivity contribution in [1.29, 1.82) is 0 Å². The van der Waals surface area contributed by atoms with Gasteiger partial charge in [-0.1, -0.05) is 62.4 Å². The average molecular weight is 1040 g/mol. The minimum absolute atomic E-state index is 0.00357. The maximum atomic E-state index is 14.1. The molecule has 2 aliphatic heterocycles. The summed E-state index contributed by atoms with van der Waals surface area (Å²) in [6, 6.07) is 12.6. The molecule has 23 heteroatoms. The van der Waals surface area contributed by atoms with Gasteiger partial charge < -0.3 is 69.4 Å². The largest absolute Gasteiger partial charge is 0.479 e. The first-order valence-electron chi connectivity index (χ1n) is 25.6. The number of benzene rings is 2. The number of carbonyl (C=O) groups excluding carboxylic acids is 2. The molecule has 404 valence electrons. The van der Waals surface area contributed by atoms with Crippen molar-refractivity contribution in [2.45, 2.75) is 171 Å². The number of nitrogens with zero attached hydrogens (tertiary/aromatic N) is 4. The standard InChI is InChI=1S/C51H68N6O17/c1-27-20-32(47(63)52-18-9-14-33-25-56(55-54-33)19-17-31-24-53-36-16-15-34(57(67)68)23-35(31)36)22-37(44(27)74-50-43(62)42(61)40(59)28(2)69-50)71-51-46(73-49(66)30-12-7-4-8-13-30)45(41(60)39(26-58)72-51)70-38(48(64)65)21-29-10-5-3-6-11-29/h4,7-8,12-13,15-16,23-25,27-29,32,37-46,50-51,53,58-62H,3,5-6,9-11,14,17-22,26H2,1-2H3,(H,52,63)(H,64,65)/t27?,28?,32?,37?,38?,39?,40-,41?,42?,43?,44?,45?,46?,50?,51-/m1/s1. The number of aliphatic hydroxyl groups is 5. The fourth-order valence-electron chi connectivity index (χ4n) is 10.7. The first kappa shape index (κ1) is 54.8. The van der Waals surface area contributed by atoms with E-state index in [-0.39, 0.29) is 48.9 Å². The molecule has 13 unspecified atom stereocenters. The van der Waals surface area contributed by atoms with E-state index < -0.39 is 115 Å². The highest BCUT2D eigenvalue weighted by Gasteiger charge is 2.54. The number of rotatable bonds is 21. The molecule has 4 fully saturated rings. The van der Waals surface area contributed by atoms with Crippen molar-refractivity contribution < 1.29 is 78.4 Å². The normalized spacial score (nSPS) is 31.2. The van der Waals surface area contributed by atoms with Gasteiger partial charge >= 0.3 is 11.9 Å². The van der Waals surface area contributed by atoms with Crippen molar-refractivity contribution in [3.63, 3.8) is 0 Å². The Balaban J connectivity index is 0.979. The van der Waals surface area contributed by atoms with Crippen molar-refractivity contribution in [3.05, 3.63) is 87.9 Å². The smallest absolute Gasteiger partial charge is 0.338 e. The number of H-pyrrole nitrogens is 1. The van der Waals surface area contributed by atoms with Gasteiger partial charge in [-0.25, -0.2) is 9.59 Å². The van der Waals surface area contributed by atoms with Gasteiger partial charge in [0, 0.05) is 54.4 Å². The van der Waals surface area contributed by atoms with E-state index in [1.54, 1.807) is 41.9 Å². The minimum Gasteiger partial charge on any atom is -0.479 e. The molecule has 2 saturated carbocycles. The Morgan fingerprint density at radius 1 is 0.919 bits per heavy atom. The number of fused-ring (bicyclic) bond motifs is 1. The van der Waals surface area contributed by atoms with Gasteiger partial charge in [0.25, 0.3) is 5.69 Å². The van der Waals surface area contributed by atoms with Crippen LogP contribution in [-0.2, 0) is 57.4 Å². The van der Waals surface area contributed by atoms with Gasteiger partial charge in [0.1, 0.15) is 36.6 Å². The van der Waals surface area contributed by atoms with Crippen molar-refractivity contribution in [2.75, 3.05) is 13.2 Å². The molecule has 0 bridgehead atoms. The molecule has 4 heterocycles. The molecule has 2 aromatic carbocycles. The number of amides is 1. The summed E-state index contributed by atoms with van der Waals surface area (Å²) >= 11 is 0. The van der Waals surface area contributed by atoms with Crippen LogP contribution in [0.2, 0.25) is 0 Å². The lowest BCUT2D eigenvalue weighted by atomic mass is 9.77. The Morgan fingerprint density at radius 3 is 2.42 bits per heavy atom. The molecule has 4 aromatic rings. The zero-order chi connectivity index (χ0) is 52.6. The van der Waals surface area contributed by atoms with Gasteiger partial charge in [0.2, 0.25) is 5.91 Å². The lowest BCUT2D eigenvalue weighted by Gasteiger charge is -2.48. The van der Waals surface area contributed by atoms with Crippen molar-refractivity contribution in [3.8, 4) is 0 Å². The van der Waals surface area contributed by atoms with Crippen LogP contribution < -0.4 is 5.32 Å². The summed E-state index contributed by atoms with van der Waals surface area (Å²) in [5.41, 5.74) is 2.50. The van der Waals surface area contributed by atoms with Crippen LogP contribution in [0.25, 0.3) is 10.9 Å². The summed E-state index contributed by atoms with van der Waals surface area (Å²) in [7, 11) is 0. The number of aromatic nitrogens is 4. The molecular formula is C51H68N6O17. The van der Waals surface area contributed by atoms with Gasteiger partial charge in [-0.05, 0) is 81.0 Å². The van der Waals surface area contributed by atoms with Crippen molar-refractivity contribution >= 4 is 34.4 Å². The van der Waals surface area contributed by atoms with E-state index in [4.69, 9.17) is 28.4 Å². The van der Waals surface area contributed by atoms with Crippen LogP contribution in [0, 0.1) is 27.9 Å². The quantitative estimate of drug-likeness (QED) is 0.0257. The van der Waals surface area contributed by atoms with E-state index in [2.05, 4.69) is 20.6 Å². The molecule has 74 heavy (non-hydrogen) atoms. The second kappa shape index (κ2) is 24.9. The second-order valence-corrected chi connectivity index (χ2v) is 20.1. The van der Waals surface area contributed by atoms with Crippen LogP contribution >= 0.6 is 0 Å². The van der Waals surface area contributed by atoms with E-state index in [0.29, 0.717) is 31.5 Å². The van der Waals surface area contributed by atoms with Crippen LogP contribution in [0.1, 0.15) is 93.3 Å². The lowest BCUT2D eigenvalue weighted by Crippen LogP contribution is -2.64. The number of carboxylic acids is 1. The minimum atomic E-state index is -1.71. The highest BCUT2D eigenvalue weighted by atomic mass is 16.7. The van der Waals surface area contributed by atoms with Crippen LogP contribution in [-0.4, -0.2) is 166 Å². The Labute approximate surface area is 426 Å². The van der Waals surface area contributed by atoms with Crippen LogP contribution in [0.4, 0.5) is 5.69 Å². The summed E-state index contributed by atoms with van der Waals surface area (Å²) in [4.78, 5) is 54.8. The number of hydrogen-bond donors (Lipinski definition) is 8. The summed E-state index contributed by atoms with van der Waals surface area (Å²) in [5, 5.41) is 88.6. The molecular weight excluding hydrogens is 969 g/mol. The van der Waals surface area contributed by atoms with E-state index >= 15 is 0 Å². The first-order valence-corrected chi connectivity index (χ1v) is 25.6. The molecule has 15 atom stereocenters. The van der Waals surface area contributed by atoms with Crippen LogP contribution in [0.5, 0.6) is 0 Å². The number of hydrogen-bond acceptors (Lipinski definition) is 18. The number of ether oxygens (including phenoxy) is 6. The SMILES string of the molecule is CC1CC(C(=O)NCCCc2cn(CCc3c[nH]c4ccc([N+](=O)[O-])cc34)nn2)CC(O[C@@H]2OC(CO)C(O)C(OC(CC3CCCCC3)C(=O)O)C2OC(=O)c2ccccc2)C1OC1OC(C)[C@@H](O)C(O)C1O. The lowest BCUT2D eigenvalue weighted by molar-refractivity contribution is -0.384. The zero-order valence-corrected chi connectivity index (χ0v) is 41.4. The predicted octanol–water partition coefficient (Wildman–Crippen LogP) is 2.72.